The summed E-state index contributed by atoms with van der Waals surface area (Å²) >= 11 is 0. The lowest BCUT2D eigenvalue weighted by Crippen LogP contribution is -2.15. The summed E-state index contributed by atoms with van der Waals surface area (Å²) in [4.78, 5) is 10.5. The second kappa shape index (κ2) is 14.2. The van der Waals surface area contributed by atoms with Crippen molar-refractivity contribution in [3.8, 4) is 0 Å². The number of nitrogens with one attached hydrogen (secondary N) is 1. The highest BCUT2D eigenvalue weighted by atomic mass is 16.5. The Bertz CT molecular complexity index is 325. The van der Waals surface area contributed by atoms with Crippen LogP contribution in [0.25, 0.3) is 0 Å². The number of benzene rings is 1. The summed E-state index contributed by atoms with van der Waals surface area (Å²) in [5, 5.41) is 3.30. The van der Waals surface area contributed by atoms with Crippen molar-refractivity contribution >= 4 is 5.78 Å². The molecule has 0 spiro atoms. The van der Waals surface area contributed by atoms with E-state index in [0.29, 0.717) is 12.4 Å². The molecule has 1 aromatic rings. The number of ketones is 1. The SMILES string of the molecule is CCCNCCCCC(C)=O.COCc1ccccc1. The Morgan fingerprint density at radius 1 is 1.15 bits per heavy atom. The predicted octanol–water partition coefficient (Wildman–Crippen LogP) is 3.58. The van der Waals surface area contributed by atoms with Crippen LogP contribution in [0.1, 0.15) is 45.1 Å². The Kier molecular flexibility index (Phi) is 13.4. The number of ether oxygens (including phenoxy) is 1. The minimum absolute atomic E-state index is 0.306. The second-order valence-electron chi connectivity index (χ2n) is 4.83. The first-order valence-electron chi connectivity index (χ1n) is 7.43. The molecule has 0 aliphatic heterocycles. The van der Waals surface area contributed by atoms with Crippen LogP contribution in [0.15, 0.2) is 30.3 Å². The van der Waals surface area contributed by atoms with Crippen LogP contribution in [0.5, 0.6) is 0 Å². The molecule has 0 unspecified atom stereocenters. The van der Waals surface area contributed by atoms with Gasteiger partial charge in [0.05, 0.1) is 6.61 Å². The third kappa shape index (κ3) is 13.2. The third-order valence-electron chi connectivity index (χ3n) is 2.71. The number of rotatable bonds is 9. The van der Waals surface area contributed by atoms with Crippen LogP contribution < -0.4 is 5.32 Å². The van der Waals surface area contributed by atoms with Gasteiger partial charge in [-0.05, 0) is 44.8 Å². The van der Waals surface area contributed by atoms with E-state index in [1.54, 1.807) is 14.0 Å². The molecule has 1 rings (SSSR count). The van der Waals surface area contributed by atoms with Gasteiger partial charge < -0.3 is 14.8 Å². The van der Waals surface area contributed by atoms with Crippen molar-refractivity contribution in [2.75, 3.05) is 20.2 Å². The molecule has 0 saturated carbocycles. The molecule has 0 amide bonds. The fourth-order valence-corrected chi connectivity index (χ4v) is 1.67. The standard InChI is InChI=1S/C9H19NO.C8H10O/c1-3-7-10-8-5-4-6-9(2)11;1-9-7-8-5-3-2-4-6-8/h10H,3-8H2,1-2H3;2-6H,7H2,1H3. The largest absolute Gasteiger partial charge is 0.380 e. The maximum atomic E-state index is 10.5. The molecule has 0 aliphatic carbocycles. The molecule has 0 aliphatic rings. The monoisotopic (exact) mass is 279 g/mol. The number of carbonyl (C=O) groups is 1. The van der Waals surface area contributed by atoms with Crippen LogP contribution in [-0.4, -0.2) is 26.0 Å². The highest BCUT2D eigenvalue weighted by Crippen LogP contribution is 1.98. The maximum Gasteiger partial charge on any atom is 0.129 e. The van der Waals surface area contributed by atoms with Crippen LogP contribution in [0, 0.1) is 0 Å². The zero-order chi connectivity index (χ0) is 15.1. The fraction of sp³-hybridized carbons (Fsp3) is 0.588. The molecule has 1 aromatic carbocycles. The van der Waals surface area contributed by atoms with E-state index in [2.05, 4.69) is 12.2 Å². The average molecular weight is 279 g/mol. The molecule has 3 heteroatoms. The normalized spacial score (nSPS) is 9.75. The molecule has 0 radical (unpaired) electrons. The van der Waals surface area contributed by atoms with Gasteiger partial charge in [-0.2, -0.15) is 0 Å². The van der Waals surface area contributed by atoms with Crippen LogP contribution in [0.2, 0.25) is 0 Å². The van der Waals surface area contributed by atoms with Crippen molar-refractivity contribution in [3.05, 3.63) is 35.9 Å². The van der Waals surface area contributed by atoms with Crippen molar-refractivity contribution in [2.45, 2.75) is 46.1 Å². The van der Waals surface area contributed by atoms with Gasteiger partial charge in [0, 0.05) is 13.5 Å². The number of methoxy groups -OCH3 is 1. The lowest BCUT2D eigenvalue weighted by Gasteiger charge is -2.00. The van der Waals surface area contributed by atoms with Crippen LogP contribution in [0.4, 0.5) is 0 Å². The highest BCUT2D eigenvalue weighted by molar-refractivity contribution is 5.75. The minimum Gasteiger partial charge on any atom is -0.380 e. The molecular weight excluding hydrogens is 250 g/mol. The summed E-state index contributed by atoms with van der Waals surface area (Å²) in [5.41, 5.74) is 1.22. The molecule has 1 N–H and O–H groups in total. The summed E-state index contributed by atoms with van der Waals surface area (Å²) in [6.45, 7) is 6.67. The lowest BCUT2D eigenvalue weighted by molar-refractivity contribution is -0.117. The minimum atomic E-state index is 0.306. The summed E-state index contributed by atoms with van der Waals surface area (Å²) in [6.07, 6.45) is 4.09. The van der Waals surface area contributed by atoms with Crippen LogP contribution >= 0.6 is 0 Å². The summed E-state index contributed by atoms with van der Waals surface area (Å²) in [6, 6.07) is 10.1. The van der Waals surface area contributed by atoms with Crippen LogP contribution in [0.3, 0.4) is 0 Å². The van der Waals surface area contributed by atoms with Gasteiger partial charge >= 0.3 is 0 Å². The van der Waals surface area contributed by atoms with E-state index in [1.807, 2.05) is 30.3 Å². The van der Waals surface area contributed by atoms with Crippen molar-refractivity contribution in [3.63, 3.8) is 0 Å². The Labute approximate surface area is 123 Å². The Hall–Kier alpha value is -1.19. The Morgan fingerprint density at radius 2 is 1.85 bits per heavy atom. The van der Waals surface area contributed by atoms with Gasteiger partial charge in [-0.15, -0.1) is 0 Å². The fourth-order valence-electron chi connectivity index (χ4n) is 1.67. The van der Waals surface area contributed by atoms with E-state index in [1.165, 1.54) is 12.0 Å². The van der Waals surface area contributed by atoms with E-state index >= 15 is 0 Å². The quantitative estimate of drug-likeness (QED) is 0.702. The van der Waals surface area contributed by atoms with Gasteiger partial charge in [-0.3, -0.25) is 0 Å². The van der Waals surface area contributed by atoms with Gasteiger partial charge in [-0.1, -0.05) is 37.3 Å². The number of Topliss-reactive ketones (excluding diaryl/α,β-unsaturated/α-hetero) is 1. The second-order valence-corrected chi connectivity index (χ2v) is 4.83. The first kappa shape index (κ1) is 18.8. The van der Waals surface area contributed by atoms with Gasteiger partial charge in [0.25, 0.3) is 0 Å². The van der Waals surface area contributed by atoms with E-state index in [4.69, 9.17) is 4.74 Å². The number of hydrogen-bond acceptors (Lipinski definition) is 3. The average Bonchev–Trinajstić information content (AvgIpc) is 2.45. The van der Waals surface area contributed by atoms with E-state index in [9.17, 15) is 4.79 Å². The van der Waals surface area contributed by atoms with Gasteiger partial charge in [-0.25, -0.2) is 0 Å². The predicted molar refractivity (Wildman–Crippen MR) is 84.8 cm³/mol. The van der Waals surface area contributed by atoms with E-state index in [-0.39, 0.29) is 0 Å². The van der Waals surface area contributed by atoms with Crippen molar-refractivity contribution in [1.29, 1.82) is 0 Å². The van der Waals surface area contributed by atoms with E-state index in [0.717, 1.165) is 32.4 Å². The van der Waals surface area contributed by atoms with Crippen LogP contribution in [-0.2, 0) is 16.1 Å². The summed E-state index contributed by atoms with van der Waals surface area (Å²) in [5.74, 6) is 0.306. The third-order valence-corrected chi connectivity index (χ3v) is 2.71. The summed E-state index contributed by atoms with van der Waals surface area (Å²) < 4.78 is 4.93. The van der Waals surface area contributed by atoms with Crippen molar-refractivity contribution < 1.29 is 9.53 Å². The molecule has 0 bridgehead atoms. The molecule has 0 saturated heterocycles. The molecule has 3 nitrogen and oxygen atoms in total. The maximum absolute atomic E-state index is 10.5. The lowest BCUT2D eigenvalue weighted by atomic mass is 10.2. The first-order valence-corrected chi connectivity index (χ1v) is 7.43. The highest BCUT2D eigenvalue weighted by Gasteiger charge is 1.92. The van der Waals surface area contributed by atoms with E-state index < -0.39 is 0 Å². The smallest absolute Gasteiger partial charge is 0.129 e. The van der Waals surface area contributed by atoms with Gasteiger partial charge in [0.1, 0.15) is 5.78 Å². The topological polar surface area (TPSA) is 38.3 Å². The Morgan fingerprint density at radius 3 is 2.40 bits per heavy atom. The van der Waals surface area contributed by atoms with Crippen molar-refractivity contribution in [1.82, 2.24) is 5.32 Å². The molecule has 0 atom stereocenters. The Balaban J connectivity index is 0.000000367. The number of carbonyl (C=O) groups excluding carboxylic acids is 1. The molecule has 0 heterocycles. The first-order chi connectivity index (χ1) is 9.70. The molecule has 0 fully saturated rings. The zero-order valence-electron chi connectivity index (χ0n) is 13.2. The molecule has 20 heavy (non-hydrogen) atoms. The molecule has 0 aromatic heterocycles. The van der Waals surface area contributed by atoms with Gasteiger partial charge in [0.15, 0.2) is 0 Å². The molecular formula is C17H29NO2. The number of unbranched alkanes of at least 4 members (excludes halogenated alkanes) is 1. The molecule has 114 valence electrons. The zero-order valence-corrected chi connectivity index (χ0v) is 13.2. The van der Waals surface area contributed by atoms with Gasteiger partial charge in [0.2, 0.25) is 0 Å². The summed E-state index contributed by atoms with van der Waals surface area (Å²) in [7, 11) is 1.70. The van der Waals surface area contributed by atoms with Crippen molar-refractivity contribution in [2.24, 2.45) is 0 Å². The number of hydrogen-bond donors (Lipinski definition) is 1.